The number of carbonyl (C=O) groups is 1. The van der Waals surface area contributed by atoms with Crippen LogP contribution in [0.2, 0.25) is 5.02 Å². The number of hydrogen-bond donors (Lipinski definition) is 1. The van der Waals surface area contributed by atoms with E-state index in [-0.39, 0.29) is 5.97 Å². The summed E-state index contributed by atoms with van der Waals surface area (Å²) in [5.74, 6) is -0.351. The second-order valence-corrected chi connectivity index (χ2v) is 4.58. The monoisotopic (exact) mass is 269 g/mol. The zero-order valence-corrected chi connectivity index (χ0v) is 11.7. The van der Waals surface area contributed by atoms with Gasteiger partial charge in [-0.1, -0.05) is 37.1 Å². The van der Waals surface area contributed by atoms with Crippen LogP contribution in [0.25, 0.3) is 0 Å². The van der Waals surface area contributed by atoms with Crippen molar-refractivity contribution in [1.29, 1.82) is 0 Å². The van der Waals surface area contributed by atoms with Gasteiger partial charge in [-0.25, -0.2) is 4.79 Å². The Morgan fingerprint density at radius 2 is 2.17 bits per heavy atom. The number of benzene rings is 1. The average Bonchev–Trinajstić information content (AvgIpc) is 2.33. The maximum absolute atomic E-state index is 11.8. The molecule has 0 spiro atoms. The Morgan fingerprint density at radius 3 is 2.83 bits per heavy atom. The number of carbonyl (C=O) groups excluding carboxylic acids is 1. The van der Waals surface area contributed by atoms with Crippen molar-refractivity contribution in [3.8, 4) is 0 Å². The molecular formula is C14H20ClNO2. The predicted octanol–water partition coefficient (Wildman–Crippen LogP) is 3.19. The lowest BCUT2D eigenvalue weighted by Crippen LogP contribution is -2.22. The summed E-state index contributed by atoms with van der Waals surface area (Å²) in [6.45, 7) is 5.99. The lowest BCUT2D eigenvalue weighted by molar-refractivity contribution is 0.0508. The standard InChI is InChI=1S/C14H20ClNO2/c1-3-4-8-16-9-10-18-14(17)13-11(2)6-5-7-12(13)15/h5-7,16H,3-4,8-10H2,1-2H3. The molecule has 1 aromatic carbocycles. The SMILES string of the molecule is CCCCNCCOC(=O)c1c(C)cccc1Cl. The third-order valence-electron chi connectivity index (χ3n) is 2.65. The maximum Gasteiger partial charge on any atom is 0.339 e. The Balaban J connectivity index is 2.37. The second-order valence-electron chi connectivity index (χ2n) is 4.17. The van der Waals surface area contributed by atoms with Gasteiger partial charge in [0.15, 0.2) is 0 Å². The predicted molar refractivity (Wildman–Crippen MR) is 74.2 cm³/mol. The van der Waals surface area contributed by atoms with Crippen LogP contribution in [0, 0.1) is 6.92 Å². The number of hydrogen-bond acceptors (Lipinski definition) is 3. The van der Waals surface area contributed by atoms with E-state index in [1.165, 1.54) is 0 Å². The number of nitrogens with one attached hydrogen (secondary N) is 1. The minimum atomic E-state index is -0.351. The van der Waals surface area contributed by atoms with Crippen LogP contribution in [0.5, 0.6) is 0 Å². The van der Waals surface area contributed by atoms with Crippen LogP contribution in [0.1, 0.15) is 35.7 Å². The molecule has 0 saturated carbocycles. The number of esters is 1. The van der Waals surface area contributed by atoms with E-state index in [9.17, 15) is 4.79 Å². The summed E-state index contributed by atoms with van der Waals surface area (Å²) in [5, 5.41) is 3.66. The molecule has 0 aliphatic carbocycles. The Labute approximate surface area is 113 Å². The fourth-order valence-electron chi connectivity index (χ4n) is 1.61. The summed E-state index contributed by atoms with van der Waals surface area (Å²) in [7, 11) is 0. The number of unbranched alkanes of at least 4 members (excludes halogenated alkanes) is 1. The third-order valence-corrected chi connectivity index (χ3v) is 2.96. The first kappa shape index (κ1) is 15.0. The molecule has 0 fully saturated rings. The summed E-state index contributed by atoms with van der Waals surface area (Å²) in [6.07, 6.45) is 2.29. The molecule has 0 unspecified atom stereocenters. The first-order valence-corrected chi connectivity index (χ1v) is 6.67. The lowest BCUT2D eigenvalue weighted by atomic mass is 10.1. The van der Waals surface area contributed by atoms with Crippen molar-refractivity contribution in [1.82, 2.24) is 5.32 Å². The largest absolute Gasteiger partial charge is 0.461 e. The zero-order chi connectivity index (χ0) is 13.4. The Morgan fingerprint density at radius 1 is 1.39 bits per heavy atom. The summed E-state index contributed by atoms with van der Waals surface area (Å²) >= 11 is 5.99. The van der Waals surface area contributed by atoms with Crippen molar-refractivity contribution in [2.75, 3.05) is 19.7 Å². The molecular weight excluding hydrogens is 250 g/mol. The van der Waals surface area contributed by atoms with Crippen LogP contribution in [-0.2, 0) is 4.74 Å². The molecule has 1 aromatic rings. The molecule has 0 saturated heterocycles. The molecule has 1 N–H and O–H groups in total. The molecule has 0 aliphatic heterocycles. The summed E-state index contributed by atoms with van der Waals surface area (Å²) < 4.78 is 5.18. The van der Waals surface area contributed by atoms with Gasteiger partial charge < -0.3 is 10.1 Å². The Kier molecular flexibility index (Phi) is 6.76. The molecule has 18 heavy (non-hydrogen) atoms. The number of rotatable bonds is 7. The highest BCUT2D eigenvalue weighted by Gasteiger charge is 2.13. The fourth-order valence-corrected chi connectivity index (χ4v) is 1.90. The van der Waals surface area contributed by atoms with E-state index in [1.54, 1.807) is 6.07 Å². The van der Waals surface area contributed by atoms with E-state index in [0.717, 1.165) is 24.9 Å². The first-order valence-electron chi connectivity index (χ1n) is 6.29. The van der Waals surface area contributed by atoms with Gasteiger partial charge in [-0.3, -0.25) is 0 Å². The van der Waals surface area contributed by atoms with E-state index in [2.05, 4.69) is 12.2 Å². The van der Waals surface area contributed by atoms with E-state index >= 15 is 0 Å². The first-order chi connectivity index (χ1) is 8.66. The Bertz CT molecular complexity index is 373. The molecule has 3 nitrogen and oxygen atoms in total. The van der Waals surface area contributed by atoms with Crippen LogP contribution in [0.4, 0.5) is 0 Å². The van der Waals surface area contributed by atoms with Crippen LogP contribution in [-0.4, -0.2) is 25.7 Å². The van der Waals surface area contributed by atoms with Crippen molar-refractivity contribution in [2.45, 2.75) is 26.7 Å². The van der Waals surface area contributed by atoms with Gasteiger partial charge >= 0.3 is 5.97 Å². The molecule has 0 aliphatic rings. The van der Waals surface area contributed by atoms with Gasteiger partial charge in [-0.05, 0) is 31.5 Å². The van der Waals surface area contributed by atoms with E-state index in [1.807, 2.05) is 19.1 Å². The molecule has 0 radical (unpaired) electrons. The molecule has 4 heteroatoms. The highest BCUT2D eigenvalue weighted by atomic mass is 35.5. The van der Waals surface area contributed by atoms with Crippen molar-refractivity contribution in [2.24, 2.45) is 0 Å². The number of aryl methyl sites for hydroxylation is 1. The normalized spacial score (nSPS) is 10.4. The average molecular weight is 270 g/mol. The summed E-state index contributed by atoms with van der Waals surface area (Å²) in [4.78, 5) is 11.8. The number of ether oxygens (including phenoxy) is 1. The van der Waals surface area contributed by atoms with Crippen LogP contribution in [0.3, 0.4) is 0 Å². The lowest BCUT2D eigenvalue weighted by Gasteiger charge is -2.09. The Hall–Kier alpha value is -1.06. The maximum atomic E-state index is 11.8. The second kappa shape index (κ2) is 8.11. The summed E-state index contributed by atoms with van der Waals surface area (Å²) in [6, 6.07) is 5.37. The van der Waals surface area contributed by atoms with E-state index in [0.29, 0.717) is 23.7 Å². The van der Waals surface area contributed by atoms with E-state index < -0.39 is 0 Å². The van der Waals surface area contributed by atoms with Crippen molar-refractivity contribution in [3.63, 3.8) is 0 Å². The highest BCUT2D eigenvalue weighted by molar-refractivity contribution is 6.33. The molecule has 0 heterocycles. The minimum Gasteiger partial charge on any atom is -0.461 e. The third kappa shape index (κ3) is 4.67. The van der Waals surface area contributed by atoms with Gasteiger partial charge in [-0.15, -0.1) is 0 Å². The number of halogens is 1. The van der Waals surface area contributed by atoms with Crippen LogP contribution >= 0.6 is 11.6 Å². The quantitative estimate of drug-likeness (QED) is 0.610. The molecule has 100 valence electrons. The molecule has 0 aromatic heterocycles. The smallest absolute Gasteiger partial charge is 0.339 e. The highest BCUT2D eigenvalue weighted by Crippen LogP contribution is 2.20. The van der Waals surface area contributed by atoms with Gasteiger partial charge in [0.25, 0.3) is 0 Å². The topological polar surface area (TPSA) is 38.3 Å². The van der Waals surface area contributed by atoms with Gasteiger partial charge in [0.1, 0.15) is 6.61 Å². The van der Waals surface area contributed by atoms with Crippen LogP contribution in [0.15, 0.2) is 18.2 Å². The fraction of sp³-hybridized carbons (Fsp3) is 0.500. The summed E-state index contributed by atoms with van der Waals surface area (Å²) in [5.41, 5.74) is 1.30. The minimum absolute atomic E-state index is 0.351. The molecule has 1 rings (SSSR count). The van der Waals surface area contributed by atoms with Gasteiger partial charge in [0, 0.05) is 6.54 Å². The van der Waals surface area contributed by atoms with Gasteiger partial charge in [0.2, 0.25) is 0 Å². The van der Waals surface area contributed by atoms with Crippen molar-refractivity contribution >= 4 is 17.6 Å². The van der Waals surface area contributed by atoms with E-state index in [4.69, 9.17) is 16.3 Å². The zero-order valence-electron chi connectivity index (χ0n) is 11.0. The molecule has 0 bridgehead atoms. The van der Waals surface area contributed by atoms with Crippen LogP contribution < -0.4 is 5.32 Å². The van der Waals surface area contributed by atoms with Crippen molar-refractivity contribution in [3.05, 3.63) is 34.3 Å². The van der Waals surface area contributed by atoms with Crippen molar-refractivity contribution < 1.29 is 9.53 Å². The van der Waals surface area contributed by atoms with Gasteiger partial charge in [0.05, 0.1) is 10.6 Å². The van der Waals surface area contributed by atoms with Gasteiger partial charge in [-0.2, -0.15) is 0 Å². The molecule has 0 atom stereocenters. The molecule has 0 amide bonds.